The number of aliphatic hydroxyl groups is 1. The van der Waals surface area contributed by atoms with E-state index in [9.17, 15) is 5.11 Å². The number of benzene rings is 1. The molecule has 2 heterocycles. The fraction of sp³-hybridized carbons (Fsp3) is 0.471. The highest BCUT2D eigenvalue weighted by Gasteiger charge is 2.22. The lowest BCUT2D eigenvalue weighted by Gasteiger charge is -2.15. The van der Waals surface area contributed by atoms with Crippen molar-refractivity contribution in [3.8, 4) is 0 Å². The largest absolute Gasteiger partial charge is 0.392 e. The summed E-state index contributed by atoms with van der Waals surface area (Å²) in [6.45, 7) is 7.54. The molecule has 5 heteroatoms. The van der Waals surface area contributed by atoms with E-state index in [0.29, 0.717) is 0 Å². The molecule has 1 aromatic heterocycles. The Morgan fingerprint density at radius 1 is 1.23 bits per heavy atom. The van der Waals surface area contributed by atoms with Crippen molar-refractivity contribution in [2.75, 3.05) is 13.1 Å². The Morgan fingerprint density at radius 2 is 1.95 bits per heavy atom. The van der Waals surface area contributed by atoms with Gasteiger partial charge in [0.15, 0.2) is 0 Å². The predicted molar refractivity (Wildman–Crippen MR) is 88.2 cm³/mol. The van der Waals surface area contributed by atoms with Crippen molar-refractivity contribution in [2.24, 2.45) is 0 Å². The van der Waals surface area contributed by atoms with Crippen LogP contribution in [0.2, 0.25) is 5.02 Å². The summed E-state index contributed by atoms with van der Waals surface area (Å²) < 4.78 is 2.06. The first-order valence-corrected chi connectivity index (χ1v) is 8.08. The molecule has 1 atom stereocenters. The zero-order chi connectivity index (χ0) is 15.7. The fourth-order valence-electron chi connectivity index (χ4n) is 3.06. The van der Waals surface area contributed by atoms with Gasteiger partial charge in [-0.15, -0.1) is 0 Å². The van der Waals surface area contributed by atoms with Crippen molar-refractivity contribution in [2.45, 2.75) is 39.5 Å². The highest BCUT2D eigenvalue weighted by Crippen LogP contribution is 2.20. The Balaban J connectivity index is 1.76. The highest BCUT2D eigenvalue weighted by atomic mass is 35.5. The molecule has 118 valence electrons. The van der Waals surface area contributed by atoms with Crippen LogP contribution in [-0.2, 0) is 13.1 Å². The maximum atomic E-state index is 9.67. The molecule has 0 saturated carbocycles. The number of aryl methyl sites for hydroxylation is 1. The molecule has 0 amide bonds. The van der Waals surface area contributed by atoms with E-state index in [1.807, 2.05) is 24.3 Å². The third-order valence-electron chi connectivity index (χ3n) is 4.41. The summed E-state index contributed by atoms with van der Waals surface area (Å²) in [6, 6.07) is 7.90. The van der Waals surface area contributed by atoms with Crippen LogP contribution in [-0.4, -0.2) is 39.0 Å². The monoisotopic (exact) mass is 319 g/mol. The highest BCUT2D eigenvalue weighted by molar-refractivity contribution is 6.30. The average molecular weight is 320 g/mol. The summed E-state index contributed by atoms with van der Waals surface area (Å²) in [5.74, 6) is 0. The van der Waals surface area contributed by atoms with E-state index in [4.69, 9.17) is 11.6 Å². The van der Waals surface area contributed by atoms with Crippen molar-refractivity contribution >= 4 is 11.6 Å². The Bertz CT molecular complexity index is 651. The molecule has 2 aromatic rings. The van der Waals surface area contributed by atoms with Crippen molar-refractivity contribution in [1.82, 2.24) is 14.7 Å². The number of halogens is 1. The first-order chi connectivity index (χ1) is 10.5. The van der Waals surface area contributed by atoms with Gasteiger partial charge in [0.1, 0.15) is 0 Å². The van der Waals surface area contributed by atoms with Crippen LogP contribution in [0.15, 0.2) is 24.3 Å². The molecule has 1 aliphatic heterocycles. The van der Waals surface area contributed by atoms with Crippen LogP contribution in [0.25, 0.3) is 0 Å². The van der Waals surface area contributed by atoms with E-state index < -0.39 is 0 Å². The van der Waals surface area contributed by atoms with Crippen LogP contribution in [0.3, 0.4) is 0 Å². The van der Waals surface area contributed by atoms with Crippen LogP contribution >= 0.6 is 11.6 Å². The normalized spacial score (nSPS) is 19.0. The van der Waals surface area contributed by atoms with Crippen LogP contribution in [0.4, 0.5) is 0 Å². The second kappa shape index (κ2) is 6.41. The first-order valence-electron chi connectivity index (χ1n) is 7.70. The molecule has 0 aliphatic carbocycles. The third kappa shape index (κ3) is 3.35. The van der Waals surface area contributed by atoms with Crippen molar-refractivity contribution < 1.29 is 5.11 Å². The van der Waals surface area contributed by atoms with Gasteiger partial charge in [0.25, 0.3) is 0 Å². The minimum absolute atomic E-state index is 0.176. The molecule has 1 fully saturated rings. The lowest BCUT2D eigenvalue weighted by Crippen LogP contribution is -2.22. The van der Waals surface area contributed by atoms with E-state index in [-0.39, 0.29) is 6.10 Å². The van der Waals surface area contributed by atoms with E-state index >= 15 is 0 Å². The molecular weight excluding hydrogens is 298 g/mol. The molecule has 1 saturated heterocycles. The van der Waals surface area contributed by atoms with Gasteiger partial charge in [-0.1, -0.05) is 23.7 Å². The van der Waals surface area contributed by atoms with E-state index in [1.165, 1.54) is 16.8 Å². The summed E-state index contributed by atoms with van der Waals surface area (Å²) >= 11 is 5.93. The first kappa shape index (κ1) is 15.5. The Morgan fingerprint density at radius 3 is 2.59 bits per heavy atom. The summed E-state index contributed by atoms with van der Waals surface area (Å²) in [6.07, 6.45) is 0.696. The van der Waals surface area contributed by atoms with E-state index in [2.05, 4.69) is 28.5 Å². The number of nitrogens with zero attached hydrogens (tertiary/aromatic N) is 3. The molecule has 1 N–H and O–H groups in total. The Kier molecular flexibility index (Phi) is 4.52. The topological polar surface area (TPSA) is 41.3 Å². The van der Waals surface area contributed by atoms with Gasteiger partial charge in [0, 0.05) is 35.9 Å². The lowest BCUT2D eigenvalue weighted by atomic mass is 10.2. The van der Waals surface area contributed by atoms with Gasteiger partial charge in [-0.2, -0.15) is 5.10 Å². The van der Waals surface area contributed by atoms with Gasteiger partial charge in [0.2, 0.25) is 0 Å². The molecule has 4 nitrogen and oxygen atoms in total. The zero-order valence-corrected chi connectivity index (χ0v) is 13.8. The minimum Gasteiger partial charge on any atom is -0.392 e. The van der Waals surface area contributed by atoms with Crippen LogP contribution in [0.1, 0.15) is 28.9 Å². The van der Waals surface area contributed by atoms with E-state index in [1.54, 1.807) is 0 Å². The summed E-state index contributed by atoms with van der Waals surface area (Å²) in [7, 11) is 0. The minimum atomic E-state index is -0.176. The molecule has 1 aromatic carbocycles. The Hall–Kier alpha value is -1.36. The number of aliphatic hydroxyl groups excluding tert-OH is 1. The molecule has 22 heavy (non-hydrogen) atoms. The molecule has 0 bridgehead atoms. The lowest BCUT2D eigenvalue weighted by molar-refractivity contribution is 0.174. The number of β-amino-alcohol motifs (C(OH)–C–C–N with tert-alkyl or cyclic N) is 1. The average Bonchev–Trinajstić information content (AvgIpc) is 3.00. The number of likely N-dealkylation sites (tertiary alicyclic amines) is 1. The second-order valence-electron chi connectivity index (χ2n) is 6.11. The van der Waals surface area contributed by atoms with Crippen molar-refractivity contribution in [3.63, 3.8) is 0 Å². The number of hydrogen-bond donors (Lipinski definition) is 1. The molecule has 1 aliphatic rings. The van der Waals surface area contributed by atoms with Gasteiger partial charge in [0.05, 0.1) is 18.3 Å². The number of rotatable bonds is 4. The second-order valence-corrected chi connectivity index (χ2v) is 6.55. The summed E-state index contributed by atoms with van der Waals surface area (Å²) in [5.41, 5.74) is 4.75. The molecular formula is C17H22ClN3O. The van der Waals surface area contributed by atoms with Gasteiger partial charge >= 0.3 is 0 Å². The van der Waals surface area contributed by atoms with Crippen molar-refractivity contribution in [3.05, 3.63) is 51.8 Å². The zero-order valence-electron chi connectivity index (χ0n) is 13.1. The number of hydrogen-bond acceptors (Lipinski definition) is 3. The maximum Gasteiger partial charge on any atom is 0.0679 e. The SMILES string of the molecule is Cc1nn(Cc2ccc(Cl)cc2)c(C)c1CN1CC[C@@H](O)C1. The molecule has 0 unspecified atom stereocenters. The van der Waals surface area contributed by atoms with Gasteiger partial charge in [-0.05, 0) is 38.0 Å². The fourth-order valence-corrected chi connectivity index (χ4v) is 3.18. The van der Waals surface area contributed by atoms with Gasteiger partial charge < -0.3 is 5.11 Å². The van der Waals surface area contributed by atoms with Crippen molar-refractivity contribution in [1.29, 1.82) is 0 Å². The predicted octanol–water partition coefficient (Wildman–Crippen LogP) is 2.77. The van der Waals surface area contributed by atoms with Crippen LogP contribution < -0.4 is 0 Å². The standard InChI is InChI=1S/C17H22ClN3O/c1-12-17(11-20-8-7-16(22)10-20)13(2)21(19-12)9-14-3-5-15(18)6-4-14/h3-6,16,22H,7-11H2,1-2H3/t16-/m1/s1. The molecule has 0 spiro atoms. The third-order valence-corrected chi connectivity index (χ3v) is 4.66. The Labute approximate surface area is 136 Å². The molecule has 0 radical (unpaired) electrons. The summed E-state index contributed by atoms with van der Waals surface area (Å²) in [4.78, 5) is 2.30. The van der Waals surface area contributed by atoms with Crippen LogP contribution in [0, 0.1) is 13.8 Å². The molecule has 3 rings (SSSR count). The summed E-state index contributed by atoms with van der Waals surface area (Å²) in [5, 5.41) is 15.1. The quantitative estimate of drug-likeness (QED) is 0.942. The van der Waals surface area contributed by atoms with Gasteiger partial charge in [-0.3, -0.25) is 9.58 Å². The van der Waals surface area contributed by atoms with Crippen LogP contribution in [0.5, 0.6) is 0 Å². The number of aromatic nitrogens is 2. The van der Waals surface area contributed by atoms with Gasteiger partial charge in [-0.25, -0.2) is 0 Å². The van der Waals surface area contributed by atoms with E-state index in [0.717, 1.165) is 43.3 Å². The smallest absolute Gasteiger partial charge is 0.0679 e. The maximum absolute atomic E-state index is 9.67.